The van der Waals surface area contributed by atoms with Crippen molar-refractivity contribution in [2.75, 3.05) is 12.3 Å². The van der Waals surface area contributed by atoms with E-state index in [0.717, 1.165) is 0 Å². The zero-order valence-corrected chi connectivity index (χ0v) is 11.0. The molecule has 2 aromatic rings. The number of ether oxygens (including phenoxy) is 1. The van der Waals surface area contributed by atoms with Crippen LogP contribution in [-0.4, -0.2) is 49.5 Å². The molecule has 3 rings (SSSR count). The first-order chi connectivity index (χ1) is 10.0. The second-order valence-electron chi connectivity index (χ2n) is 4.89. The van der Waals surface area contributed by atoms with Crippen molar-refractivity contribution in [2.24, 2.45) is 5.73 Å². The molecule has 1 aliphatic rings. The van der Waals surface area contributed by atoms with E-state index in [1.165, 1.54) is 12.5 Å². The summed E-state index contributed by atoms with van der Waals surface area (Å²) in [5, 5.41) is 19.3. The van der Waals surface area contributed by atoms with E-state index in [9.17, 15) is 9.90 Å². The van der Waals surface area contributed by atoms with Crippen molar-refractivity contribution in [3.8, 4) is 0 Å². The van der Waals surface area contributed by atoms with Crippen LogP contribution in [0.1, 0.15) is 23.0 Å². The molecule has 0 aromatic carbocycles. The molecule has 1 fully saturated rings. The number of hydrogen-bond acceptors (Lipinski definition) is 7. The number of aliphatic hydroxyl groups excluding tert-OH is 2. The molecule has 0 spiro atoms. The van der Waals surface area contributed by atoms with Gasteiger partial charge in [0.25, 0.3) is 5.91 Å². The molecule has 3 heterocycles. The predicted molar refractivity (Wildman–Crippen MR) is 72.1 cm³/mol. The Morgan fingerprint density at radius 1 is 1.52 bits per heavy atom. The van der Waals surface area contributed by atoms with Crippen LogP contribution in [0.3, 0.4) is 0 Å². The molecule has 1 saturated heterocycles. The molecule has 9 nitrogen and oxygen atoms in total. The topological polar surface area (TPSA) is 150 Å². The summed E-state index contributed by atoms with van der Waals surface area (Å²) < 4.78 is 7.14. The molecule has 1 aliphatic heterocycles. The lowest BCUT2D eigenvalue weighted by Gasteiger charge is -2.14. The number of hydrogen-bond donors (Lipinski definition) is 4. The molecule has 3 atom stereocenters. The first-order valence-electron chi connectivity index (χ1n) is 6.38. The molecule has 21 heavy (non-hydrogen) atoms. The monoisotopic (exact) mass is 293 g/mol. The van der Waals surface area contributed by atoms with Gasteiger partial charge in [-0.05, 0) is 0 Å². The largest absolute Gasteiger partial charge is 0.394 e. The molecular formula is C12H15N5O4. The number of nitrogens with zero attached hydrogens (tertiary/aromatic N) is 3. The van der Waals surface area contributed by atoms with Crippen LogP contribution in [0, 0.1) is 0 Å². The smallest absolute Gasteiger partial charge is 0.251 e. The highest BCUT2D eigenvalue weighted by atomic mass is 16.5. The second-order valence-corrected chi connectivity index (χ2v) is 4.89. The number of rotatable bonds is 3. The maximum absolute atomic E-state index is 11.5. The summed E-state index contributed by atoms with van der Waals surface area (Å²) >= 11 is 0. The zero-order chi connectivity index (χ0) is 15.1. The van der Waals surface area contributed by atoms with Crippen LogP contribution >= 0.6 is 0 Å². The Kier molecular flexibility index (Phi) is 3.24. The third-order valence-corrected chi connectivity index (χ3v) is 3.60. The van der Waals surface area contributed by atoms with Crippen molar-refractivity contribution in [3.63, 3.8) is 0 Å². The van der Waals surface area contributed by atoms with E-state index in [0.29, 0.717) is 11.0 Å². The third kappa shape index (κ3) is 2.11. The first kappa shape index (κ1) is 13.7. The average Bonchev–Trinajstić information content (AvgIpc) is 3.00. The van der Waals surface area contributed by atoms with Gasteiger partial charge in [0, 0.05) is 12.6 Å². The highest BCUT2D eigenvalue weighted by Crippen LogP contribution is 2.33. The lowest BCUT2D eigenvalue weighted by Crippen LogP contribution is -2.24. The van der Waals surface area contributed by atoms with Crippen molar-refractivity contribution in [2.45, 2.75) is 24.9 Å². The molecule has 0 unspecified atom stereocenters. The van der Waals surface area contributed by atoms with E-state index in [4.69, 9.17) is 21.3 Å². The minimum Gasteiger partial charge on any atom is -0.394 e. The van der Waals surface area contributed by atoms with Gasteiger partial charge in [0.05, 0.1) is 23.7 Å². The Morgan fingerprint density at radius 2 is 2.29 bits per heavy atom. The van der Waals surface area contributed by atoms with Gasteiger partial charge in [-0.2, -0.15) is 0 Å². The molecule has 2 aromatic heterocycles. The SMILES string of the molecule is NC(=O)c1cn([C@@H]2C[C@@H](O)[C@H](CO)O2)c2ncnc(N)c12. The van der Waals surface area contributed by atoms with Gasteiger partial charge in [-0.3, -0.25) is 4.79 Å². The number of fused-ring (bicyclic) bond motifs is 1. The Balaban J connectivity index is 2.12. The number of nitrogens with two attached hydrogens (primary N) is 2. The summed E-state index contributed by atoms with van der Waals surface area (Å²) in [6.07, 6.45) is 0.972. The highest BCUT2D eigenvalue weighted by Gasteiger charge is 2.35. The van der Waals surface area contributed by atoms with Crippen LogP contribution in [0.4, 0.5) is 5.82 Å². The zero-order valence-electron chi connectivity index (χ0n) is 11.0. The van der Waals surface area contributed by atoms with Crippen molar-refractivity contribution in [1.82, 2.24) is 14.5 Å². The molecular weight excluding hydrogens is 278 g/mol. The van der Waals surface area contributed by atoms with E-state index >= 15 is 0 Å². The summed E-state index contributed by atoms with van der Waals surface area (Å²) in [4.78, 5) is 19.5. The van der Waals surface area contributed by atoms with Gasteiger partial charge < -0.3 is 31.0 Å². The quantitative estimate of drug-likeness (QED) is 0.552. The van der Waals surface area contributed by atoms with Crippen molar-refractivity contribution < 1.29 is 19.7 Å². The van der Waals surface area contributed by atoms with Crippen LogP contribution in [0.15, 0.2) is 12.5 Å². The molecule has 6 N–H and O–H groups in total. The Labute approximate surface area is 119 Å². The van der Waals surface area contributed by atoms with Crippen LogP contribution in [0.25, 0.3) is 11.0 Å². The van der Waals surface area contributed by atoms with E-state index in [1.54, 1.807) is 4.57 Å². The fourth-order valence-corrected chi connectivity index (χ4v) is 2.56. The third-order valence-electron chi connectivity index (χ3n) is 3.60. The van der Waals surface area contributed by atoms with E-state index < -0.39 is 24.3 Å². The summed E-state index contributed by atoms with van der Waals surface area (Å²) in [6, 6.07) is 0. The molecule has 112 valence electrons. The summed E-state index contributed by atoms with van der Waals surface area (Å²) in [5.41, 5.74) is 11.7. The number of carbonyl (C=O) groups excluding carboxylic acids is 1. The van der Waals surface area contributed by atoms with Crippen molar-refractivity contribution >= 4 is 22.8 Å². The number of carbonyl (C=O) groups is 1. The molecule has 9 heteroatoms. The van der Waals surface area contributed by atoms with Crippen molar-refractivity contribution in [3.05, 3.63) is 18.1 Å². The minimum atomic E-state index is -0.798. The fraction of sp³-hybridized carbons (Fsp3) is 0.417. The number of aliphatic hydroxyl groups is 2. The molecule has 1 amide bonds. The number of amides is 1. The molecule has 0 saturated carbocycles. The maximum Gasteiger partial charge on any atom is 0.251 e. The Bertz CT molecular complexity index is 700. The van der Waals surface area contributed by atoms with Gasteiger partial charge in [-0.1, -0.05) is 0 Å². The first-order valence-corrected chi connectivity index (χ1v) is 6.38. The van der Waals surface area contributed by atoms with Gasteiger partial charge >= 0.3 is 0 Å². The predicted octanol–water partition coefficient (Wildman–Crippen LogP) is -1.25. The van der Waals surface area contributed by atoms with Crippen LogP contribution in [-0.2, 0) is 4.74 Å². The van der Waals surface area contributed by atoms with E-state index in [1.807, 2.05) is 0 Å². The Morgan fingerprint density at radius 3 is 2.90 bits per heavy atom. The second kappa shape index (κ2) is 4.95. The number of anilines is 1. The van der Waals surface area contributed by atoms with Gasteiger partial charge in [0.1, 0.15) is 30.1 Å². The maximum atomic E-state index is 11.5. The number of primary amides is 1. The Hall–Kier alpha value is -2.23. The normalized spacial score (nSPS) is 25.5. The molecule has 0 bridgehead atoms. The summed E-state index contributed by atoms with van der Waals surface area (Å²) in [7, 11) is 0. The summed E-state index contributed by atoms with van der Waals surface area (Å²) in [5.74, 6) is -0.512. The van der Waals surface area contributed by atoms with E-state index in [-0.39, 0.29) is 24.4 Å². The number of aromatic nitrogens is 3. The lowest BCUT2D eigenvalue weighted by atomic mass is 10.2. The fourth-order valence-electron chi connectivity index (χ4n) is 2.56. The minimum absolute atomic E-state index is 0.143. The molecule has 0 radical (unpaired) electrons. The van der Waals surface area contributed by atoms with Crippen LogP contribution < -0.4 is 11.5 Å². The highest BCUT2D eigenvalue weighted by molar-refractivity contribution is 6.08. The standard InChI is InChI=1S/C12H15N5O4/c13-10-9-5(11(14)20)2-17(12(9)16-4-15-10)8-1-6(19)7(3-18)21-8/h2,4,6-8,18-19H,1,3H2,(H2,14,20)(H2,13,15,16)/t6-,7+,8+/m1/s1. The summed E-state index contributed by atoms with van der Waals surface area (Å²) in [6.45, 7) is -0.295. The lowest BCUT2D eigenvalue weighted by molar-refractivity contribution is -0.0430. The van der Waals surface area contributed by atoms with Crippen LogP contribution in [0.5, 0.6) is 0 Å². The van der Waals surface area contributed by atoms with Crippen molar-refractivity contribution in [1.29, 1.82) is 0 Å². The van der Waals surface area contributed by atoms with Gasteiger partial charge in [0.2, 0.25) is 0 Å². The molecule has 0 aliphatic carbocycles. The van der Waals surface area contributed by atoms with Gasteiger partial charge in [0.15, 0.2) is 0 Å². The van der Waals surface area contributed by atoms with E-state index in [2.05, 4.69) is 9.97 Å². The van der Waals surface area contributed by atoms with Gasteiger partial charge in [-0.25, -0.2) is 9.97 Å². The average molecular weight is 293 g/mol. The number of nitrogen functional groups attached to an aromatic ring is 1. The van der Waals surface area contributed by atoms with Gasteiger partial charge in [-0.15, -0.1) is 0 Å². The van der Waals surface area contributed by atoms with Crippen LogP contribution in [0.2, 0.25) is 0 Å².